The van der Waals surface area contributed by atoms with Gasteiger partial charge in [-0.2, -0.15) is 0 Å². The molecule has 1 aliphatic heterocycles. The van der Waals surface area contributed by atoms with Crippen LogP contribution in [0.4, 0.5) is 0 Å². The van der Waals surface area contributed by atoms with Crippen LogP contribution < -0.4 is 5.73 Å². The number of primary amides is 1. The van der Waals surface area contributed by atoms with Crippen LogP contribution in [0, 0.1) is 0 Å². The smallest absolute Gasteiger partial charge is 0.334 e. The van der Waals surface area contributed by atoms with E-state index in [1.165, 1.54) is 16.7 Å². The third kappa shape index (κ3) is 3.99. The number of benzene rings is 1. The Bertz CT molecular complexity index is 592. The second-order valence-electron chi connectivity index (χ2n) is 4.70. The van der Waals surface area contributed by atoms with E-state index in [-0.39, 0.29) is 24.8 Å². The monoisotopic (exact) mass is 324 g/mol. The first-order valence-electron chi connectivity index (χ1n) is 6.63. The van der Waals surface area contributed by atoms with Gasteiger partial charge in [0.2, 0.25) is 5.91 Å². The molecular weight excluding hydrogens is 308 g/mol. The SMILES string of the molecule is NC(=O)CSc1ccccc1C(=O)N1CCOC(C(=O)O)C1. The summed E-state index contributed by atoms with van der Waals surface area (Å²) >= 11 is 1.18. The minimum atomic E-state index is -1.09. The number of hydrogen-bond donors (Lipinski definition) is 2. The maximum atomic E-state index is 12.6. The first kappa shape index (κ1) is 16.3. The van der Waals surface area contributed by atoms with Gasteiger partial charge in [-0.3, -0.25) is 9.59 Å². The van der Waals surface area contributed by atoms with E-state index in [1.807, 2.05) is 0 Å². The van der Waals surface area contributed by atoms with Crippen molar-refractivity contribution in [3.8, 4) is 0 Å². The Kier molecular flexibility index (Phi) is 5.40. The molecule has 0 bridgehead atoms. The number of carboxylic acid groups (broad SMARTS) is 1. The van der Waals surface area contributed by atoms with Crippen molar-refractivity contribution in [3.63, 3.8) is 0 Å². The molecule has 1 fully saturated rings. The lowest BCUT2D eigenvalue weighted by atomic mass is 10.1. The molecule has 8 heteroatoms. The molecule has 118 valence electrons. The fourth-order valence-corrected chi connectivity index (χ4v) is 2.85. The number of morpholine rings is 1. The Morgan fingerprint density at radius 1 is 1.36 bits per heavy atom. The Balaban J connectivity index is 2.15. The molecule has 1 heterocycles. The summed E-state index contributed by atoms with van der Waals surface area (Å²) in [6.45, 7) is 0.514. The third-order valence-corrected chi connectivity index (χ3v) is 4.21. The predicted molar refractivity (Wildman–Crippen MR) is 79.6 cm³/mol. The number of rotatable bonds is 5. The van der Waals surface area contributed by atoms with E-state index >= 15 is 0 Å². The lowest BCUT2D eigenvalue weighted by Gasteiger charge is -2.31. The van der Waals surface area contributed by atoms with Crippen molar-refractivity contribution in [2.75, 3.05) is 25.4 Å². The zero-order valence-corrected chi connectivity index (χ0v) is 12.5. The van der Waals surface area contributed by atoms with Crippen molar-refractivity contribution in [2.45, 2.75) is 11.0 Å². The molecule has 7 nitrogen and oxygen atoms in total. The lowest BCUT2D eigenvalue weighted by Crippen LogP contribution is -2.48. The maximum Gasteiger partial charge on any atom is 0.334 e. The van der Waals surface area contributed by atoms with Crippen LogP contribution in [0.1, 0.15) is 10.4 Å². The molecule has 0 saturated carbocycles. The minimum Gasteiger partial charge on any atom is -0.479 e. The third-order valence-electron chi connectivity index (χ3n) is 3.12. The summed E-state index contributed by atoms with van der Waals surface area (Å²) in [5, 5.41) is 8.99. The number of hydrogen-bond acceptors (Lipinski definition) is 5. The van der Waals surface area contributed by atoms with Crippen LogP contribution in [0.25, 0.3) is 0 Å². The zero-order valence-electron chi connectivity index (χ0n) is 11.7. The van der Waals surface area contributed by atoms with Crippen molar-refractivity contribution in [1.82, 2.24) is 4.90 Å². The van der Waals surface area contributed by atoms with Gasteiger partial charge in [-0.1, -0.05) is 12.1 Å². The van der Waals surface area contributed by atoms with E-state index in [1.54, 1.807) is 24.3 Å². The molecule has 1 aromatic carbocycles. The number of amides is 2. The zero-order chi connectivity index (χ0) is 16.1. The molecule has 1 aliphatic rings. The van der Waals surface area contributed by atoms with Gasteiger partial charge in [0.25, 0.3) is 5.91 Å². The molecule has 1 atom stereocenters. The van der Waals surface area contributed by atoms with Gasteiger partial charge in [0.15, 0.2) is 6.10 Å². The van der Waals surface area contributed by atoms with Crippen molar-refractivity contribution in [2.24, 2.45) is 5.73 Å². The van der Waals surface area contributed by atoms with Crippen LogP contribution >= 0.6 is 11.8 Å². The maximum absolute atomic E-state index is 12.6. The van der Waals surface area contributed by atoms with Crippen molar-refractivity contribution in [3.05, 3.63) is 29.8 Å². The van der Waals surface area contributed by atoms with E-state index in [9.17, 15) is 14.4 Å². The summed E-state index contributed by atoms with van der Waals surface area (Å²) in [7, 11) is 0. The average Bonchev–Trinajstić information content (AvgIpc) is 2.52. The van der Waals surface area contributed by atoms with Gasteiger partial charge in [0.1, 0.15) is 0 Å². The van der Waals surface area contributed by atoms with E-state index in [0.29, 0.717) is 17.0 Å². The topological polar surface area (TPSA) is 110 Å². The minimum absolute atomic E-state index is 0.00296. The molecule has 1 unspecified atom stereocenters. The van der Waals surface area contributed by atoms with Crippen molar-refractivity contribution < 1.29 is 24.2 Å². The number of thioether (sulfide) groups is 1. The summed E-state index contributed by atoms with van der Waals surface area (Å²) in [6, 6.07) is 6.86. The number of nitrogens with zero attached hydrogens (tertiary/aromatic N) is 1. The number of carbonyl (C=O) groups is 3. The highest BCUT2D eigenvalue weighted by Gasteiger charge is 2.30. The highest BCUT2D eigenvalue weighted by atomic mass is 32.2. The number of carbonyl (C=O) groups excluding carboxylic acids is 2. The Hall–Kier alpha value is -2.06. The Labute approximate surface area is 131 Å². The first-order valence-corrected chi connectivity index (χ1v) is 7.61. The molecule has 0 aromatic heterocycles. The standard InChI is InChI=1S/C14H16N2O5S/c15-12(17)8-22-11-4-2-1-3-9(11)13(18)16-5-6-21-10(7-16)14(19)20/h1-4,10H,5-8H2,(H2,15,17)(H,19,20). The van der Waals surface area contributed by atoms with E-state index < -0.39 is 18.0 Å². The molecule has 0 radical (unpaired) electrons. The molecule has 22 heavy (non-hydrogen) atoms. The van der Waals surface area contributed by atoms with Crippen LogP contribution in [-0.2, 0) is 14.3 Å². The van der Waals surface area contributed by atoms with Gasteiger partial charge in [0.05, 0.1) is 24.5 Å². The fraction of sp³-hybridized carbons (Fsp3) is 0.357. The molecule has 1 saturated heterocycles. The van der Waals surface area contributed by atoms with Crippen LogP contribution in [0.2, 0.25) is 0 Å². The Morgan fingerprint density at radius 3 is 2.77 bits per heavy atom. The molecule has 2 amide bonds. The Morgan fingerprint density at radius 2 is 2.09 bits per heavy atom. The highest BCUT2D eigenvalue weighted by Crippen LogP contribution is 2.24. The number of ether oxygens (including phenoxy) is 1. The molecule has 2 rings (SSSR count). The number of carboxylic acids is 1. The highest BCUT2D eigenvalue weighted by molar-refractivity contribution is 8.00. The summed E-state index contributed by atoms with van der Waals surface area (Å²) in [6.07, 6.45) is -1.01. The number of nitrogens with two attached hydrogens (primary N) is 1. The lowest BCUT2D eigenvalue weighted by molar-refractivity contribution is -0.154. The largest absolute Gasteiger partial charge is 0.479 e. The van der Waals surface area contributed by atoms with Crippen LogP contribution in [0.5, 0.6) is 0 Å². The van der Waals surface area contributed by atoms with E-state index in [0.717, 1.165) is 0 Å². The molecule has 0 aliphatic carbocycles. The predicted octanol–water partition coefficient (Wildman–Crippen LogP) is 0.190. The summed E-state index contributed by atoms with van der Waals surface area (Å²) in [4.78, 5) is 36.6. The normalized spacial score (nSPS) is 18.0. The fourth-order valence-electron chi connectivity index (χ4n) is 2.07. The second-order valence-corrected chi connectivity index (χ2v) is 5.72. The van der Waals surface area contributed by atoms with Gasteiger partial charge >= 0.3 is 5.97 Å². The van der Waals surface area contributed by atoms with Crippen molar-refractivity contribution >= 4 is 29.5 Å². The van der Waals surface area contributed by atoms with Gasteiger partial charge in [-0.05, 0) is 12.1 Å². The van der Waals surface area contributed by atoms with Gasteiger partial charge < -0.3 is 20.5 Å². The number of aliphatic carboxylic acids is 1. The molecule has 0 spiro atoms. The first-order chi connectivity index (χ1) is 10.5. The van der Waals surface area contributed by atoms with E-state index in [4.69, 9.17) is 15.6 Å². The van der Waals surface area contributed by atoms with E-state index in [2.05, 4.69) is 0 Å². The summed E-state index contributed by atoms with van der Waals surface area (Å²) in [5.74, 6) is -1.76. The molecular formula is C14H16N2O5S. The van der Waals surface area contributed by atoms with Crippen molar-refractivity contribution in [1.29, 1.82) is 0 Å². The average molecular weight is 324 g/mol. The van der Waals surface area contributed by atoms with Crippen LogP contribution in [0.3, 0.4) is 0 Å². The van der Waals surface area contributed by atoms with Gasteiger partial charge in [0, 0.05) is 11.4 Å². The molecule has 1 aromatic rings. The summed E-state index contributed by atoms with van der Waals surface area (Å²) < 4.78 is 5.11. The molecule has 3 N–H and O–H groups in total. The summed E-state index contributed by atoms with van der Waals surface area (Å²) in [5.41, 5.74) is 5.55. The van der Waals surface area contributed by atoms with Crippen LogP contribution in [-0.4, -0.2) is 59.3 Å². The van der Waals surface area contributed by atoms with Gasteiger partial charge in [-0.15, -0.1) is 11.8 Å². The van der Waals surface area contributed by atoms with Crippen LogP contribution in [0.15, 0.2) is 29.2 Å². The van der Waals surface area contributed by atoms with Gasteiger partial charge in [-0.25, -0.2) is 4.79 Å². The quantitative estimate of drug-likeness (QED) is 0.748. The second kappa shape index (κ2) is 7.28.